The Hall–Kier alpha value is -4.18. The van der Waals surface area contributed by atoms with Crippen LogP contribution in [0.1, 0.15) is 18.2 Å². The first kappa shape index (κ1) is 23.6. The first-order valence-electron chi connectivity index (χ1n) is 11.9. The fraction of sp³-hybridized carbons (Fsp3) is 0.308. The van der Waals surface area contributed by atoms with Gasteiger partial charge in [-0.15, -0.1) is 0 Å². The van der Waals surface area contributed by atoms with Crippen LogP contribution in [0.5, 0.6) is 0 Å². The maximum atomic E-state index is 12.8. The summed E-state index contributed by atoms with van der Waals surface area (Å²) >= 11 is 0. The molecule has 5 rings (SSSR count). The third-order valence-electron chi connectivity index (χ3n) is 6.67. The number of pyridine rings is 2. The monoisotopic (exact) mass is 486 g/mol. The lowest BCUT2D eigenvalue weighted by Gasteiger charge is -2.27. The van der Waals surface area contributed by atoms with E-state index in [0.29, 0.717) is 42.7 Å². The number of fused-ring (bicyclic) bond motifs is 2. The minimum Gasteiger partial charge on any atom is -0.398 e. The summed E-state index contributed by atoms with van der Waals surface area (Å²) in [5.41, 5.74) is 16.7. The summed E-state index contributed by atoms with van der Waals surface area (Å²) in [6.45, 7) is 5.29. The number of anilines is 4. The number of nitrogens with two attached hydrogens (primary N) is 2. The Morgan fingerprint density at radius 2 is 2.03 bits per heavy atom. The van der Waals surface area contributed by atoms with Crippen molar-refractivity contribution in [1.82, 2.24) is 24.6 Å². The van der Waals surface area contributed by atoms with Crippen LogP contribution < -0.4 is 16.8 Å². The number of nitrogens with one attached hydrogen (secondary N) is 1. The molecule has 0 fully saturated rings. The van der Waals surface area contributed by atoms with Crippen molar-refractivity contribution in [3.05, 3.63) is 53.9 Å². The normalized spacial score (nSPS) is 14.5. The summed E-state index contributed by atoms with van der Waals surface area (Å²) < 4.78 is 6.98. The van der Waals surface area contributed by atoms with Gasteiger partial charge >= 0.3 is 0 Å². The molecular formula is C26H30N8O2. The molecule has 1 amide bonds. The van der Waals surface area contributed by atoms with Crippen LogP contribution in [0.15, 0.2) is 42.6 Å². The van der Waals surface area contributed by atoms with Crippen molar-refractivity contribution < 1.29 is 9.53 Å². The van der Waals surface area contributed by atoms with Gasteiger partial charge in [0.2, 0.25) is 5.91 Å². The number of amides is 1. The van der Waals surface area contributed by atoms with Crippen molar-refractivity contribution in [2.45, 2.75) is 32.9 Å². The predicted molar refractivity (Wildman–Crippen MR) is 141 cm³/mol. The average Bonchev–Trinajstić information content (AvgIpc) is 3.13. The highest BCUT2D eigenvalue weighted by molar-refractivity contribution is 5.95. The minimum absolute atomic E-state index is 0.0226. The van der Waals surface area contributed by atoms with E-state index < -0.39 is 0 Å². The number of ether oxygens (including phenoxy) is 1. The van der Waals surface area contributed by atoms with Crippen LogP contribution in [0.25, 0.3) is 22.0 Å². The van der Waals surface area contributed by atoms with Gasteiger partial charge in [-0.2, -0.15) is 5.10 Å². The van der Waals surface area contributed by atoms with E-state index in [0.717, 1.165) is 33.3 Å². The molecule has 0 bridgehead atoms. The molecule has 0 saturated carbocycles. The van der Waals surface area contributed by atoms with E-state index in [1.165, 1.54) is 0 Å². The van der Waals surface area contributed by atoms with Crippen LogP contribution in [0.2, 0.25) is 0 Å². The first-order valence-corrected chi connectivity index (χ1v) is 11.9. The largest absolute Gasteiger partial charge is 0.398 e. The van der Waals surface area contributed by atoms with Crippen LogP contribution in [0, 0.1) is 6.92 Å². The van der Waals surface area contributed by atoms with Gasteiger partial charge in [-0.05, 0) is 43.0 Å². The number of carbonyl (C=O) groups is 1. The predicted octanol–water partition coefficient (Wildman–Crippen LogP) is 3.13. The highest BCUT2D eigenvalue weighted by atomic mass is 16.5. The van der Waals surface area contributed by atoms with Crippen molar-refractivity contribution in [3.63, 3.8) is 0 Å². The lowest BCUT2D eigenvalue weighted by atomic mass is 10.0. The molecule has 10 nitrogen and oxygen atoms in total. The van der Waals surface area contributed by atoms with Crippen molar-refractivity contribution >= 4 is 39.8 Å². The van der Waals surface area contributed by atoms with Crippen molar-refractivity contribution in [1.29, 1.82) is 0 Å². The highest BCUT2D eigenvalue weighted by Crippen LogP contribution is 2.31. The molecule has 4 aromatic rings. The van der Waals surface area contributed by atoms with Crippen molar-refractivity contribution in [2.75, 3.05) is 37.0 Å². The molecule has 186 valence electrons. The summed E-state index contributed by atoms with van der Waals surface area (Å²) in [7, 11) is 1.65. The SMILES string of the molecule is COC[C@H](C)N1CCc2cc(Nc3cc4cc(-c5cccc(N)c5C)nc(N)c4cn3)nn2CC1=O. The van der Waals surface area contributed by atoms with Gasteiger partial charge in [-0.1, -0.05) is 12.1 Å². The van der Waals surface area contributed by atoms with Gasteiger partial charge < -0.3 is 26.4 Å². The molecule has 1 atom stereocenters. The molecule has 1 aliphatic rings. The van der Waals surface area contributed by atoms with Gasteiger partial charge in [0.1, 0.15) is 18.2 Å². The molecule has 0 saturated heterocycles. The van der Waals surface area contributed by atoms with Crippen LogP contribution in [0.4, 0.5) is 23.1 Å². The standard InChI is InChI=1S/C26H30N8O2/c1-15(14-36-3)33-8-7-18-11-24(32-34(18)13-25(33)35)31-23-10-17-9-22(30-26(28)20(17)12-29-23)19-5-4-6-21(27)16(19)2/h4-6,9-12,15H,7-8,13-14,27H2,1-3H3,(H2,28,30)(H,29,31,32)/t15-/m0/s1. The Bertz CT molecular complexity index is 1450. The van der Waals surface area contributed by atoms with E-state index in [1.807, 2.05) is 55.1 Å². The van der Waals surface area contributed by atoms with Crippen molar-refractivity contribution in [3.8, 4) is 11.3 Å². The van der Waals surface area contributed by atoms with Gasteiger partial charge in [-0.3, -0.25) is 9.48 Å². The number of nitrogen functional groups attached to an aromatic ring is 2. The molecular weight excluding hydrogens is 456 g/mol. The Morgan fingerprint density at radius 1 is 1.19 bits per heavy atom. The van der Waals surface area contributed by atoms with Gasteiger partial charge in [0.05, 0.1) is 18.3 Å². The third kappa shape index (κ3) is 4.42. The number of aromatic nitrogens is 4. The summed E-state index contributed by atoms with van der Waals surface area (Å²) in [5.74, 6) is 1.70. The zero-order chi connectivity index (χ0) is 25.4. The summed E-state index contributed by atoms with van der Waals surface area (Å²) in [6.07, 6.45) is 2.42. The van der Waals surface area contributed by atoms with Gasteiger partial charge in [-0.25, -0.2) is 9.97 Å². The number of benzene rings is 1. The molecule has 10 heteroatoms. The van der Waals surface area contributed by atoms with Crippen LogP contribution in [0.3, 0.4) is 0 Å². The maximum Gasteiger partial charge on any atom is 0.244 e. The van der Waals surface area contributed by atoms with Crippen LogP contribution in [-0.2, 0) is 22.5 Å². The van der Waals surface area contributed by atoms with Crippen LogP contribution >= 0.6 is 0 Å². The number of carbonyl (C=O) groups excluding carboxylic acids is 1. The third-order valence-corrected chi connectivity index (χ3v) is 6.67. The quantitative estimate of drug-likeness (QED) is 0.354. The zero-order valence-electron chi connectivity index (χ0n) is 20.7. The highest BCUT2D eigenvalue weighted by Gasteiger charge is 2.25. The van der Waals surface area contributed by atoms with E-state index >= 15 is 0 Å². The second-order valence-electron chi connectivity index (χ2n) is 9.15. The molecule has 0 aliphatic carbocycles. The van der Waals surface area contributed by atoms with E-state index in [1.54, 1.807) is 18.0 Å². The topological polar surface area (TPSA) is 137 Å². The summed E-state index contributed by atoms with van der Waals surface area (Å²) in [4.78, 5) is 23.7. The maximum absolute atomic E-state index is 12.8. The molecule has 0 radical (unpaired) electrons. The minimum atomic E-state index is 0.0226. The van der Waals surface area contributed by atoms with Crippen LogP contribution in [-0.4, -0.2) is 56.9 Å². The van der Waals surface area contributed by atoms with E-state index in [4.69, 9.17) is 16.2 Å². The molecule has 0 unspecified atom stereocenters. The molecule has 5 N–H and O–H groups in total. The van der Waals surface area contributed by atoms with E-state index in [2.05, 4.69) is 20.4 Å². The number of rotatable bonds is 6. The molecule has 1 aromatic carbocycles. The second kappa shape index (κ2) is 9.46. The van der Waals surface area contributed by atoms with E-state index in [9.17, 15) is 4.79 Å². The summed E-state index contributed by atoms with van der Waals surface area (Å²) in [6, 6.07) is 11.6. The summed E-state index contributed by atoms with van der Waals surface area (Å²) in [5, 5.41) is 9.55. The van der Waals surface area contributed by atoms with Gasteiger partial charge in [0.25, 0.3) is 0 Å². The molecule has 4 heterocycles. The Labute approximate surface area is 209 Å². The fourth-order valence-corrected chi connectivity index (χ4v) is 4.67. The molecule has 1 aliphatic heterocycles. The lowest BCUT2D eigenvalue weighted by Crippen LogP contribution is -2.42. The van der Waals surface area contributed by atoms with Crippen molar-refractivity contribution in [2.24, 2.45) is 0 Å². The fourth-order valence-electron chi connectivity index (χ4n) is 4.67. The van der Waals surface area contributed by atoms with E-state index in [-0.39, 0.29) is 18.5 Å². The smallest absolute Gasteiger partial charge is 0.244 e. The Kier molecular flexibility index (Phi) is 6.19. The lowest BCUT2D eigenvalue weighted by molar-refractivity contribution is -0.134. The average molecular weight is 487 g/mol. The number of hydrogen-bond acceptors (Lipinski definition) is 8. The number of nitrogens with zero attached hydrogens (tertiary/aromatic N) is 5. The Morgan fingerprint density at radius 3 is 2.83 bits per heavy atom. The second-order valence-corrected chi connectivity index (χ2v) is 9.15. The number of hydrogen-bond donors (Lipinski definition) is 3. The number of methoxy groups -OCH3 is 1. The van der Waals surface area contributed by atoms with Gasteiger partial charge in [0, 0.05) is 54.7 Å². The van der Waals surface area contributed by atoms with Gasteiger partial charge in [0.15, 0.2) is 5.82 Å². The zero-order valence-corrected chi connectivity index (χ0v) is 20.7. The Balaban J connectivity index is 1.40. The molecule has 0 spiro atoms. The first-order chi connectivity index (χ1) is 17.3. The molecule has 36 heavy (non-hydrogen) atoms. The molecule has 3 aromatic heterocycles.